The Bertz CT molecular complexity index is 348. The Morgan fingerprint density at radius 3 is 2.79 bits per heavy atom. The number of nitrogens with zero attached hydrogens (tertiary/aromatic N) is 2. The van der Waals surface area contributed by atoms with E-state index in [1.165, 1.54) is 64.3 Å². The summed E-state index contributed by atoms with van der Waals surface area (Å²) in [6, 6.07) is 0. The molecule has 2 unspecified atom stereocenters. The minimum absolute atomic E-state index is 0.301. The topological polar surface area (TPSA) is 41.6 Å². The van der Waals surface area contributed by atoms with Crippen LogP contribution in [0.1, 0.15) is 64.7 Å². The summed E-state index contributed by atoms with van der Waals surface area (Å²) in [6.45, 7) is 4.45. The molecule has 0 aromatic rings. The molecular formula is C16H29N3. The first-order chi connectivity index (χ1) is 9.23. The van der Waals surface area contributed by atoms with E-state index in [1.54, 1.807) is 0 Å². The molecule has 1 aliphatic heterocycles. The summed E-state index contributed by atoms with van der Waals surface area (Å²) in [5, 5.41) is 0. The summed E-state index contributed by atoms with van der Waals surface area (Å²) < 4.78 is 0. The maximum Gasteiger partial charge on any atom is 0.191 e. The third-order valence-corrected chi connectivity index (χ3v) is 5.49. The third kappa shape index (κ3) is 2.75. The molecule has 0 aromatic carbocycles. The van der Waals surface area contributed by atoms with Crippen molar-refractivity contribution >= 4 is 5.96 Å². The van der Waals surface area contributed by atoms with Crippen molar-refractivity contribution in [3.8, 4) is 0 Å². The van der Waals surface area contributed by atoms with Crippen LogP contribution < -0.4 is 5.73 Å². The van der Waals surface area contributed by atoms with Gasteiger partial charge < -0.3 is 10.6 Å². The lowest BCUT2D eigenvalue weighted by molar-refractivity contribution is 0.167. The Labute approximate surface area is 117 Å². The molecule has 1 spiro atoms. The van der Waals surface area contributed by atoms with E-state index >= 15 is 0 Å². The lowest BCUT2D eigenvalue weighted by atomic mass is 9.88. The van der Waals surface area contributed by atoms with Gasteiger partial charge in [0.1, 0.15) is 0 Å². The molecule has 0 bridgehead atoms. The predicted molar refractivity (Wildman–Crippen MR) is 80.1 cm³/mol. The van der Waals surface area contributed by atoms with Crippen molar-refractivity contribution in [2.45, 2.75) is 70.3 Å². The van der Waals surface area contributed by atoms with Gasteiger partial charge in [0.05, 0.1) is 12.1 Å². The fourth-order valence-corrected chi connectivity index (χ4v) is 4.07. The predicted octanol–water partition coefficient (Wildman–Crippen LogP) is 3.15. The van der Waals surface area contributed by atoms with E-state index < -0.39 is 0 Å². The second-order valence-electron chi connectivity index (χ2n) is 7.04. The van der Waals surface area contributed by atoms with E-state index in [0.717, 1.165) is 24.3 Å². The van der Waals surface area contributed by atoms with Crippen LogP contribution in [-0.2, 0) is 0 Å². The zero-order chi connectivity index (χ0) is 13.3. The van der Waals surface area contributed by atoms with E-state index in [-0.39, 0.29) is 0 Å². The summed E-state index contributed by atoms with van der Waals surface area (Å²) in [7, 11) is 0. The van der Waals surface area contributed by atoms with E-state index in [1.807, 2.05) is 0 Å². The van der Waals surface area contributed by atoms with Crippen molar-refractivity contribution in [2.24, 2.45) is 22.6 Å². The van der Waals surface area contributed by atoms with E-state index in [9.17, 15) is 0 Å². The van der Waals surface area contributed by atoms with Crippen molar-refractivity contribution in [3.05, 3.63) is 0 Å². The van der Waals surface area contributed by atoms with Crippen molar-refractivity contribution in [2.75, 3.05) is 13.1 Å². The molecule has 3 rings (SSSR count). The summed E-state index contributed by atoms with van der Waals surface area (Å²) in [6.07, 6.45) is 12.4. The zero-order valence-corrected chi connectivity index (χ0v) is 12.4. The molecule has 3 aliphatic rings. The van der Waals surface area contributed by atoms with Crippen molar-refractivity contribution in [1.82, 2.24) is 4.90 Å². The second-order valence-corrected chi connectivity index (χ2v) is 7.04. The number of aliphatic imine (C=N–C) groups is 1. The van der Waals surface area contributed by atoms with Gasteiger partial charge in [-0.1, -0.05) is 32.6 Å². The molecule has 19 heavy (non-hydrogen) atoms. The Hall–Kier alpha value is -0.730. The van der Waals surface area contributed by atoms with Crippen molar-refractivity contribution in [1.29, 1.82) is 0 Å². The van der Waals surface area contributed by atoms with E-state index in [4.69, 9.17) is 5.73 Å². The standard InChI is InChI=1S/C16H29N3/c1-2-4-13-5-3-9-16(10-8-13)12-18-15(17)19(16)11-14-6-7-14/h13-14H,2-12H2,1H3,(H2,17,18). The molecule has 108 valence electrons. The SMILES string of the molecule is CCCC1CCCC2(CC1)CN=C(N)N2CC1CC1. The molecule has 0 amide bonds. The van der Waals surface area contributed by atoms with Crippen LogP contribution in [-0.4, -0.2) is 29.5 Å². The maximum atomic E-state index is 6.18. The minimum Gasteiger partial charge on any atom is -0.370 e. The van der Waals surface area contributed by atoms with Gasteiger partial charge >= 0.3 is 0 Å². The van der Waals surface area contributed by atoms with Crippen LogP contribution in [0.25, 0.3) is 0 Å². The fourth-order valence-electron chi connectivity index (χ4n) is 4.07. The summed E-state index contributed by atoms with van der Waals surface area (Å²) in [4.78, 5) is 7.11. The van der Waals surface area contributed by atoms with Crippen LogP contribution in [0, 0.1) is 11.8 Å². The zero-order valence-electron chi connectivity index (χ0n) is 12.4. The van der Waals surface area contributed by atoms with Gasteiger partial charge in [0.25, 0.3) is 0 Å². The molecule has 2 N–H and O–H groups in total. The Balaban J connectivity index is 1.67. The molecule has 1 heterocycles. The van der Waals surface area contributed by atoms with Crippen LogP contribution >= 0.6 is 0 Å². The van der Waals surface area contributed by atoms with Gasteiger partial charge in [0.15, 0.2) is 5.96 Å². The highest BCUT2D eigenvalue weighted by Crippen LogP contribution is 2.41. The summed E-state index contributed by atoms with van der Waals surface area (Å²) in [5.41, 5.74) is 6.48. The molecular weight excluding hydrogens is 234 g/mol. The quantitative estimate of drug-likeness (QED) is 0.846. The number of hydrogen-bond acceptors (Lipinski definition) is 3. The van der Waals surface area contributed by atoms with Crippen LogP contribution in [0.4, 0.5) is 0 Å². The first kappa shape index (κ1) is 13.3. The van der Waals surface area contributed by atoms with Gasteiger partial charge in [0.2, 0.25) is 0 Å². The molecule has 0 saturated heterocycles. The monoisotopic (exact) mass is 263 g/mol. The molecule has 0 aromatic heterocycles. The molecule has 2 saturated carbocycles. The number of nitrogens with two attached hydrogens (primary N) is 1. The van der Waals surface area contributed by atoms with Crippen LogP contribution in [0.3, 0.4) is 0 Å². The molecule has 0 radical (unpaired) electrons. The lowest BCUT2D eigenvalue weighted by Gasteiger charge is -2.39. The smallest absolute Gasteiger partial charge is 0.191 e. The molecule has 2 fully saturated rings. The largest absolute Gasteiger partial charge is 0.370 e. The highest BCUT2D eigenvalue weighted by atomic mass is 15.4. The van der Waals surface area contributed by atoms with Crippen LogP contribution in [0.2, 0.25) is 0 Å². The van der Waals surface area contributed by atoms with Crippen molar-refractivity contribution < 1.29 is 0 Å². The van der Waals surface area contributed by atoms with Crippen LogP contribution in [0.5, 0.6) is 0 Å². The maximum absolute atomic E-state index is 6.18. The molecule has 3 heteroatoms. The third-order valence-electron chi connectivity index (χ3n) is 5.49. The highest BCUT2D eigenvalue weighted by molar-refractivity contribution is 5.81. The average Bonchev–Trinajstić information content (AvgIpc) is 3.17. The van der Waals surface area contributed by atoms with Gasteiger partial charge in [-0.15, -0.1) is 0 Å². The molecule has 2 aliphatic carbocycles. The first-order valence-electron chi connectivity index (χ1n) is 8.31. The number of rotatable bonds is 4. The summed E-state index contributed by atoms with van der Waals surface area (Å²) in [5.74, 6) is 2.69. The Kier molecular flexibility index (Phi) is 3.72. The van der Waals surface area contributed by atoms with Gasteiger partial charge in [-0.05, 0) is 43.9 Å². The van der Waals surface area contributed by atoms with E-state index in [2.05, 4.69) is 16.8 Å². The normalized spacial score (nSPS) is 35.5. The van der Waals surface area contributed by atoms with E-state index in [0.29, 0.717) is 5.54 Å². The van der Waals surface area contributed by atoms with Gasteiger partial charge in [0, 0.05) is 6.54 Å². The van der Waals surface area contributed by atoms with Crippen molar-refractivity contribution in [3.63, 3.8) is 0 Å². The highest BCUT2D eigenvalue weighted by Gasteiger charge is 2.44. The number of hydrogen-bond donors (Lipinski definition) is 1. The molecule has 3 nitrogen and oxygen atoms in total. The Morgan fingerprint density at radius 1 is 1.21 bits per heavy atom. The van der Waals surface area contributed by atoms with Gasteiger partial charge in [-0.2, -0.15) is 0 Å². The second kappa shape index (κ2) is 5.34. The van der Waals surface area contributed by atoms with Crippen LogP contribution in [0.15, 0.2) is 4.99 Å². The minimum atomic E-state index is 0.301. The summed E-state index contributed by atoms with van der Waals surface area (Å²) >= 11 is 0. The average molecular weight is 263 g/mol. The van der Waals surface area contributed by atoms with Gasteiger partial charge in [-0.3, -0.25) is 4.99 Å². The lowest BCUT2D eigenvalue weighted by Crippen LogP contribution is -2.52. The molecule has 2 atom stereocenters. The fraction of sp³-hybridized carbons (Fsp3) is 0.938. The first-order valence-corrected chi connectivity index (χ1v) is 8.31. The van der Waals surface area contributed by atoms with Gasteiger partial charge in [-0.25, -0.2) is 0 Å². The number of guanidine groups is 1. The Morgan fingerprint density at radius 2 is 2.05 bits per heavy atom.